The van der Waals surface area contributed by atoms with Gasteiger partial charge in [0.05, 0.1) is 12.6 Å². The molecule has 2 aromatic rings. The van der Waals surface area contributed by atoms with Crippen molar-refractivity contribution in [3.63, 3.8) is 0 Å². The molecule has 2 N–H and O–H groups in total. The second-order valence-corrected chi connectivity index (χ2v) is 8.81. The molecule has 0 radical (unpaired) electrons. The summed E-state index contributed by atoms with van der Waals surface area (Å²) in [5, 5.41) is 4.77. The maximum absolute atomic E-state index is 13.5. The van der Waals surface area contributed by atoms with E-state index >= 15 is 0 Å². The summed E-state index contributed by atoms with van der Waals surface area (Å²) in [6.45, 7) is 8.55. The molecule has 0 saturated carbocycles. The predicted molar refractivity (Wildman–Crippen MR) is 126 cm³/mol. The number of aryl methyl sites for hydroxylation is 2. The highest BCUT2D eigenvalue weighted by Crippen LogP contribution is 2.29. The predicted octanol–water partition coefficient (Wildman–Crippen LogP) is 2.67. The first-order valence-electron chi connectivity index (χ1n) is 11.4. The van der Waals surface area contributed by atoms with Gasteiger partial charge in [0.25, 0.3) is 5.91 Å². The van der Waals surface area contributed by atoms with Gasteiger partial charge in [0.15, 0.2) is 0 Å². The summed E-state index contributed by atoms with van der Waals surface area (Å²) >= 11 is 0. The van der Waals surface area contributed by atoms with Gasteiger partial charge in [-0.25, -0.2) is 15.2 Å². The number of anilines is 1. The number of imide groups is 1. The third-order valence-corrected chi connectivity index (χ3v) is 6.53. The minimum absolute atomic E-state index is 0.130. The average molecular weight is 450 g/mol. The molecule has 2 aromatic carbocycles. The molecule has 0 aromatic heterocycles. The SMILES string of the molecule is CCN1NC(C)C2C1C(=O)N(Cc1ccccc1)C(=O)N2CC(=O)Nc1ccc(C)c(C)c1. The van der Waals surface area contributed by atoms with Crippen molar-refractivity contribution in [2.45, 2.75) is 52.4 Å². The van der Waals surface area contributed by atoms with Crippen molar-refractivity contribution in [3.05, 3.63) is 65.2 Å². The summed E-state index contributed by atoms with van der Waals surface area (Å²) in [5.74, 6) is -0.528. The van der Waals surface area contributed by atoms with E-state index in [2.05, 4.69) is 10.7 Å². The average Bonchev–Trinajstić information content (AvgIpc) is 3.14. The van der Waals surface area contributed by atoms with Crippen LogP contribution in [0.25, 0.3) is 0 Å². The molecular weight excluding hydrogens is 418 g/mol. The van der Waals surface area contributed by atoms with Crippen LogP contribution in [0.3, 0.4) is 0 Å². The first kappa shape index (κ1) is 22.9. The monoisotopic (exact) mass is 449 g/mol. The van der Waals surface area contributed by atoms with Crippen molar-refractivity contribution in [2.24, 2.45) is 0 Å². The standard InChI is InChI=1S/C25H31N5O3/c1-5-30-23-22(18(4)27-30)28(15-21(31)26-20-12-11-16(2)17(3)13-20)25(33)29(24(23)32)14-19-9-7-6-8-10-19/h6-13,18,22-23,27H,5,14-15H2,1-4H3,(H,26,31). The molecular formula is C25H31N5O3. The van der Waals surface area contributed by atoms with Crippen molar-refractivity contribution in [3.8, 4) is 0 Å². The van der Waals surface area contributed by atoms with Crippen LogP contribution in [0.4, 0.5) is 10.5 Å². The van der Waals surface area contributed by atoms with E-state index in [4.69, 9.17) is 0 Å². The van der Waals surface area contributed by atoms with Crippen LogP contribution < -0.4 is 10.7 Å². The van der Waals surface area contributed by atoms with Crippen molar-refractivity contribution in [2.75, 3.05) is 18.4 Å². The van der Waals surface area contributed by atoms with E-state index in [1.165, 1.54) is 4.90 Å². The lowest BCUT2D eigenvalue weighted by Gasteiger charge is -2.43. The topological polar surface area (TPSA) is 85.0 Å². The Balaban J connectivity index is 1.59. The summed E-state index contributed by atoms with van der Waals surface area (Å²) in [5.41, 5.74) is 7.08. The number of carbonyl (C=O) groups excluding carboxylic acids is 3. The van der Waals surface area contributed by atoms with E-state index in [9.17, 15) is 14.4 Å². The van der Waals surface area contributed by atoms with Gasteiger partial charge in [0.1, 0.15) is 12.6 Å². The Hall–Kier alpha value is -3.23. The van der Waals surface area contributed by atoms with Gasteiger partial charge in [-0.2, -0.15) is 0 Å². The van der Waals surface area contributed by atoms with Gasteiger partial charge in [-0.15, -0.1) is 0 Å². The maximum atomic E-state index is 13.5. The maximum Gasteiger partial charge on any atom is 0.327 e. The fraction of sp³-hybridized carbons (Fsp3) is 0.400. The van der Waals surface area contributed by atoms with Gasteiger partial charge in [-0.05, 0) is 49.6 Å². The Morgan fingerprint density at radius 2 is 1.79 bits per heavy atom. The molecule has 2 aliphatic heterocycles. The summed E-state index contributed by atoms with van der Waals surface area (Å²) < 4.78 is 0. The largest absolute Gasteiger partial charge is 0.327 e. The van der Waals surface area contributed by atoms with E-state index in [-0.39, 0.29) is 30.9 Å². The molecule has 3 unspecified atom stereocenters. The number of urea groups is 1. The summed E-state index contributed by atoms with van der Waals surface area (Å²) in [6, 6.07) is 13.6. The smallest absolute Gasteiger partial charge is 0.325 e. The van der Waals surface area contributed by atoms with Gasteiger partial charge in [0, 0.05) is 18.3 Å². The van der Waals surface area contributed by atoms with E-state index in [1.807, 2.05) is 81.2 Å². The molecule has 4 amide bonds. The zero-order chi connectivity index (χ0) is 23.7. The fourth-order valence-corrected chi connectivity index (χ4v) is 4.68. The second kappa shape index (κ2) is 9.33. The van der Waals surface area contributed by atoms with Crippen LogP contribution in [0.2, 0.25) is 0 Å². The van der Waals surface area contributed by atoms with Crippen LogP contribution in [0.5, 0.6) is 0 Å². The van der Waals surface area contributed by atoms with Gasteiger partial charge >= 0.3 is 6.03 Å². The van der Waals surface area contributed by atoms with Gasteiger partial charge in [-0.1, -0.05) is 43.3 Å². The summed E-state index contributed by atoms with van der Waals surface area (Å²) in [7, 11) is 0. The minimum Gasteiger partial charge on any atom is -0.325 e. The highest BCUT2D eigenvalue weighted by atomic mass is 16.2. The highest BCUT2D eigenvalue weighted by Gasteiger charge is 2.54. The normalized spacial score (nSPS) is 23.1. The molecule has 174 valence electrons. The number of nitrogens with zero attached hydrogens (tertiary/aromatic N) is 3. The Labute approximate surface area is 194 Å². The summed E-state index contributed by atoms with van der Waals surface area (Å²) in [6.07, 6.45) is 0. The molecule has 0 aliphatic carbocycles. The number of carbonyl (C=O) groups is 3. The lowest BCUT2D eigenvalue weighted by Crippen LogP contribution is -2.67. The number of likely N-dealkylation sites (N-methyl/N-ethyl adjacent to an activating group) is 1. The molecule has 33 heavy (non-hydrogen) atoms. The molecule has 4 rings (SSSR count). The molecule has 2 fully saturated rings. The van der Waals surface area contributed by atoms with E-state index in [1.54, 1.807) is 4.90 Å². The highest BCUT2D eigenvalue weighted by molar-refractivity contribution is 6.03. The van der Waals surface area contributed by atoms with Crippen molar-refractivity contribution in [1.82, 2.24) is 20.2 Å². The van der Waals surface area contributed by atoms with Crippen LogP contribution in [-0.2, 0) is 16.1 Å². The first-order valence-corrected chi connectivity index (χ1v) is 11.4. The van der Waals surface area contributed by atoms with E-state index in [0.717, 1.165) is 16.7 Å². The zero-order valence-electron chi connectivity index (χ0n) is 19.5. The van der Waals surface area contributed by atoms with Crippen LogP contribution >= 0.6 is 0 Å². The Bertz CT molecular complexity index is 1060. The van der Waals surface area contributed by atoms with E-state index < -0.39 is 18.1 Å². The van der Waals surface area contributed by atoms with Gasteiger partial charge in [-0.3, -0.25) is 14.5 Å². The molecule has 3 atom stereocenters. The van der Waals surface area contributed by atoms with Crippen LogP contribution in [0, 0.1) is 13.8 Å². The Kier molecular flexibility index (Phi) is 6.49. The van der Waals surface area contributed by atoms with Crippen LogP contribution in [0.15, 0.2) is 48.5 Å². The van der Waals surface area contributed by atoms with Gasteiger partial charge < -0.3 is 10.2 Å². The molecule has 2 saturated heterocycles. The number of hydrazine groups is 1. The fourth-order valence-electron chi connectivity index (χ4n) is 4.68. The number of hydrogen-bond acceptors (Lipinski definition) is 5. The third kappa shape index (κ3) is 4.49. The lowest BCUT2D eigenvalue weighted by atomic mass is 9.97. The third-order valence-electron chi connectivity index (χ3n) is 6.53. The number of nitrogens with one attached hydrogen (secondary N) is 2. The molecule has 8 nitrogen and oxygen atoms in total. The second-order valence-electron chi connectivity index (χ2n) is 8.81. The molecule has 2 aliphatic rings. The number of hydrogen-bond donors (Lipinski definition) is 2. The van der Waals surface area contributed by atoms with Crippen LogP contribution in [-0.4, -0.2) is 63.9 Å². The van der Waals surface area contributed by atoms with Crippen molar-refractivity contribution < 1.29 is 14.4 Å². The number of rotatable bonds is 6. The van der Waals surface area contributed by atoms with E-state index in [0.29, 0.717) is 12.2 Å². The number of benzene rings is 2. The number of fused-ring (bicyclic) bond motifs is 1. The lowest BCUT2D eigenvalue weighted by molar-refractivity contribution is -0.140. The first-order chi connectivity index (χ1) is 15.8. The van der Waals surface area contributed by atoms with Crippen LogP contribution in [0.1, 0.15) is 30.5 Å². The molecule has 0 spiro atoms. The molecule has 0 bridgehead atoms. The zero-order valence-corrected chi connectivity index (χ0v) is 19.5. The van der Waals surface area contributed by atoms with Crippen molar-refractivity contribution >= 4 is 23.5 Å². The molecule has 8 heteroatoms. The van der Waals surface area contributed by atoms with Crippen molar-refractivity contribution in [1.29, 1.82) is 0 Å². The molecule has 2 heterocycles. The Morgan fingerprint density at radius 1 is 1.06 bits per heavy atom. The minimum atomic E-state index is -0.541. The van der Waals surface area contributed by atoms with Gasteiger partial charge in [0.2, 0.25) is 5.91 Å². The summed E-state index contributed by atoms with van der Waals surface area (Å²) in [4.78, 5) is 42.7. The quantitative estimate of drug-likeness (QED) is 0.708. The number of amides is 4. The Morgan fingerprint density at radius 3 is 2.45 bits per heavy atom.